The number of carbonyl (C=O) groups excluding carboxylic acids is 3. The Morgan fingerprint density at radius 2 is 1.97 bits per heavy atom. The van der Waals surface area contributed by atoms with Crippen LogP contribution in [0.3, 0.4) is 0 Å². The van der Waals surface area contributed by atoms with Crippen LogP contribution in [-0.2, 0) is 20.9 Å². The monoisotopic (exact) mass is 455 g/mol. The maximum absolute atomic E-state index is 13.1. The Morgan fingerprint density at radius 1 is 1.15 bits per heavy atom. The smallest absolute Gasteiger partial charge is 0.239 e. The number of nitrogens with one attached hydrogen (secondary N) is 2. The van der Waals surface area contributed by atoms with E-state index < -0.39 is 5.41 Å². The van der Waals surface area contributed by atoms with Gasteiger partial charge in [-0.25, -0.2) is 0 Å². The topological polar surface area (TPSA) is 94.6 Å². The number of aromatic nitrogens is 1. The van der Waals surface area contributed by atoms with Gasteiger partial charge in [-0.2, -0.15) is 0 Å². The van der Waals surface area contributed by atoms with Crippen LogP contribution in [-0.4, -0.2) is 71.3 Å². The molecule has 4 heterocycles. The molecule has 33 heavy (non-hydrogen) atoms. The van der Waals surface area contributed by atoms with Gasteiger partial charge in [0.05, 0.1) is 12.0 Å². The number of pyridine rings is 1. The van der Waals surface area contributed by atoms with Gasteiger partial charge in [0.1, 0.15) is 0 Å². The summed E-state index contributed by atoms with van der Waals surface area (Å²) in [7, 11) is 0. The summed E-state index contributed by atoms with van der Waals surface area (Å²) in [6, 6.07) is 4.25. The van der Waals surface area contributed by atoms with Crippen LogP contribution >= 0.6 is 0 Å². The van der Waals surface area contributed by atoms with Crippen molar-refractivity contribution in [2.24, 2.45) is 11.3 Å². The minimum Gasteiger partial charge on any atom is -0.351 e. The molecule has 0 radical (unpaired) electrons. The second-order valence-electron chi connectivity index (χ2n) is 10.0. The van der Waals surface area contributed by atoms with E-state index >= 15 is 0 Å². The van der Waals surface area contributed by atoms with Crippen LogP contribution < -0.4 is 10.6 Å². The summed E-state index contributed by atoms with van der Waals surface area (Å²) in [5.74, 6) is 0.349. The first-order chi connectivity index (χ1) is 15.9. The highest BCUT2D eigenvalue weighted by molar-refractivity contribution is 5.88. The molecule has 8 heteroatoms. The molecule has 2 N–H and O–H groups in total. The average Bonchev–Trinajstić information content (AvgIpc) is 2.82. The minimum absolute atomic E-state index is 0.0238. The van der Waals surface area contributed by atoms with Crippen molar-refractivity contribution in [2.45, 2.75) is 64.5 Å². The van der Waals surface area contributed by atoms with Gasteiger partial charge in [0.2, 0.25) is 17.7 Å². The zero-order valence-corrected chi connectivity index (χ0v) is 19.7. The Morgan fingerprint density at radius 3 is 2.70 bits per heavy atom. The lowest BCUT2D eigenvalue weighted by atomic mass is 9.73. The highest BCUT2D eigenvalue weighted by Gasteiger charge is 2.42. The van der Waals surface area contributed by atoms with Crippen molar-refractivity contribution in [2.75, 3.05) is 32.7 Å². The predicted octanol–water partition coefficient (Wildman–Crippen LogP) is 1.71. The van der Waals surface area contributed by atoms with Crippen molar-refractivity contribution in [3.8, 4) is 0 Å². The van der Waals surface area contributed by atoms with E-state index in [2.05, 4.69) is 26.6 Å². The number of amides is 3. The number of piperidine rings is 2. The van der Waals surface area contributed by atoms with Crippen LogP contribution in [0.2, 0.25) is 0 Å². The first-order valence-electron chi connectivity index (χ1n) is 12.4. The molecule has 0 saturated carbocycles. The lowest BCUT2D eigenvalue weighted by molar-refractivity contribution is -0.141. The molecule has 1 spiro atoms. The number of carbonyl (C=O) groups is 3. The molecule has 0 bridgehead atoms. The van der Waals surface area contributed by atoms with Gasteiger partial charge in [-0.05, 0) is 49.7 Å². The van der Waals surface area contributed by atoms with Crippen LogP contribution in [0.15, 0.2) is 24.5 Å². The average molecular weight is 456 g/mol. The number of rotatable bonds is 2. The van der Waals surface area contributed by atoms with Crippen molar-refractivity contribution in [1.29, 1.82) is 0 Å². The second kappa shape index (κ2) is 10.6. The van der Waals surface area contributed by atoms with Crippen LogP contribution in [0.5, 0.6) is 0 Å². The van der Waals surface area contributed by atoms with Crippen molar-refractivity contribution in [3.63, 3.8) is 0 Å². The minimum atomic E-state index is -0.469. The van der Waals surface area contributed by atoms with Gasteiger partial charge in [-0.1, -0.05) is 18.9 Å². The van der Waals surface area contributed by atoms with Gasteiger partial charge < -0.3 is 15.5 Å². The normalized spacial score (nSPS) is 27.0. The molecule has 3 aliphatic heterocycles. The molecule has 4 rings (SSSR count). The lowest BCUT2D eigenvalue weighted by Crippen LogP contribution is -2.54. The summed E-state index contributed by atoms with van der Waals surface area (Å²) >= 11 is 0. The number of hydrogen-bond donors (Lipinski definition) is 2. The molecule has 180 valence electrons. The first kappa shape index (κ1) is 23.7. The lowest BCUT2D eigenvalue weighted by Gasteiger charge is -2.42. The molecule has 2 atom stereocenters. The van der Waals surface area contributed by atoms with Gasteiger partial charge >= 0.3 is 0 Å². The Balaban J connectivity index is 1.39. The number of likely N-dealkylation sites (tertiary alicyclic amines) is 2. The number of fused-ring (bicyclic) bond motifs is 1. The zero-order chi connectivity index (χ0) is 23.3. The summed E-state index contributed by atoms with van der Waals surface area (Å²) in [6.45, 7) is 5.63. The fourth-order valence-corrected chi connectivity index (χ4v) is 5.80. The molecular weight excluding hydrogens is 418 g/mol. The molecule has 1 aromatic rings. The molecule has 8 nitrogen and oxygen atoms in total. The van der Waals surface area contributed by atoms with Gasteiger partial charge in [0, 0.05) is 58.1 Å². The van der Waals surface area contributed by atoms with Crippen LogP contribution in [0, 0.1) is 11.3 Å². The molecule has 0 aromatic carbocycles. The Labute approximate surface area is 196 Å². The molecule has 3 saturated heterocycles. The summed E-state index contributed by atoms with van der Waals surface area (Å²) in [5, 5.41) is 6.13. The zero-order valence-electron chi connectivity index (χ0n) is 19.7. The highest BCUT2D eigenvalue weighted by atomic mass is 16.2. The van der Waals surface area contributed by atoms with Crippen LogP contribution in [0.25, 0.3) is 0 Å². The Hall–Kier alpha value is -2.48. The van der Waals surface area contributed by atoms with E-state index in [1.165, 1.54) is 5.56 Å². The van der Waals surface area contributed by atoms with Crippen LogP contribution in [0.4, 0.5) is 0 Å². The summed E-state index contributed by atoms with van der Waals surface area (Å²) in [5.41, 5.74) is 0.749. The standard InChI is InChI=1S/C25H37N5O3/c1-19(31)30-13-9-25(10-14-30)8-3-2-6-21-18-29(17-20-5-4-11-26-15-20)12-7-22(21)28-23(32)16-27-24(25)33/h4-5,11,15,21-22H,2-3,6-10,12-14,16-18H2,1H3,(H,27,33)(H,28,32)/t21-,22-/m0/s1. The first-order valence-corrected chi connectivity index (χ1v) is 12.4. The van der Waals surface area contributed by atoms with E-state index in [-0.39, 0.29) is 30.3 Å². The largest absolute Gasteiger partial charge is 0.351 e. The van der Waals surface area contributed by atoms with Gasteiger partial charge in [0.15, 0.2) is 0 Å². The maximum atomic E-state index is 13.1. The maximum Gasteiger partial charge on any atom is 0.239 e. The predicted molar refractivity (Wildman–Crippen MR) is 125 cm³/mol. The Bertz CT molecular complexity index is 838. The summed E-state index contributed by atoms with van der Waals surface area (Å²) in [4.78, 5) is 46.1. The van der Waals surface area contributed by atoms with Gasteiger partial charge in [-0.15, -0.1) is 0 Å². The second-order valence-corrected chi connectivity index (χ2v) is 10.0. The molecule has 3 fully saturated rings. The van der Waals surface area contributed by atoms with Crippen LogP contribution in [0.1, 0.15) is 57.4 Å². The number of nitrogens with zero attached hydrogens (tertiary/aromatic N) is 3. The molecule has 1 aromatic heterocycles. The van der Waals surface area contributed by atoms with Crippen molar-refractivity contribution >= 4 is 17.7 Å². The SMILES string of the molecule is CC(=O)N1CCC2(CCCC[C@H]3CN(Cc4cccnc4)CC[C@@H]3NC(=O)CNC2=O)CC1. The highest BCUT2D eigenvalue weighted by Crippen LogP contribution is 2.38. The third-order valence-corrected chi connectivity index (χ3v) is 7.83. The Kier molecular flexibility index (Phi) is 7.63. The third-order valence-electron chi connectivity index (χ3n) is 7.83. The molecule has 3 aliphatic rings. The molecular formula is C25H37N5O3. The van der Waals surface area contributed by atoms with E-state index in [1.54, 1.807) is 13.1 Å². The third kappa shape index (κ3) is 5.91. The van der Waals surface area contributed by atoms with E-state index in [9.17, 15) is 14.4 Å². The summed E-state index contributed by atoms with van der Waals surface area (Å²) < 4.78 is 0. The summed E-state index contributed by atoms with van der Waals surface area (Å²) in [6.07, 6.45) is 9.90. The van der Waals surface area contributed by atoms with Gasteiger partial charge in [-0.3, -0.25) is 24.3 Å². The fourth-order valence-electron chi connectivity index (χ4n) is 5.80. The van der Waals surface area contributed by atoms with Crippen molar-refractivity contribution < 1.29 is 14.4 Å². The van der Waals surface area contributed by atoms with E-state index in [0.717, 1.165) is 51.7 Å². The van der Waals surface area contributed by atoms with E-state index in [4.69, 9.17) is 0 Å². The van der Waals surface area contributed by atoms with Gasteiger partial charge in [0.25, 0.3) is 0 Å². The van der Waals surface area contributed by atoms with Crippen molar-refractivity contribution in [3.05, 3.63) is 30.1 Å². The fraction of sp³-hybridized carbons (Fsp3) is 0.680. The number of hydrogen-bond acceptors (Lipinski definition) is 5. The molecule has 0 unspecified atom stereocenters. The molecule has 0 aliphatic carbocycles. The van der Waals surface area contributed by atoms with E-state index in [0.29, 0.717) is 31.8 Å². The van der Waals surface area contributed by atoms with E-state index in [1.807, 2.05) is 17.2 Å². The quantitative estimate of drug-likeness (QED) is 0.708. The molecule has 3 amide bonds. The van der Waals surface area contributed by atoms with Crippen molar-refractivity contribution in [1.82, 2.24) is 25.4 Å².